The zero-order valence-corrected chi connectivity index (χ0v) is 14.2. The van der Waals surface area contributed by atoms with Crippen LogP contribution >= 0.6 is 27.7 Å². The molecule has 0 spiro atoms. The van der Waals surface area contributed by atoms with E-state index >= 15 is 0 Å². The fourth-order valence-corrected chi connectivity index (χ4v) is 3.91. The maximum Gasteiger partial charge on any atom is 0.223 e. The topological polar surface area (TPSA) is 32.3 Å². The Balaban J connectivity index is 1.76. The molecule has 0 aromatic heterocycles. The highest BCUT2D eigenvalue weighted by molar-refractivity contribution is 9.10. The third kappa shape index (κ3) is 4.50. The molecule has 1 aliphatic heterocycles. The second-order valence-electron chi connectivity index (χ2n) is 5.00. The minimum atomic E-state index is 0.282. The minimum absolute atomic E-state index is 0.282. The van der Waals surface area contributed by atoms with Gasteiger partial charge in [0.2, 0.25) is 5.91 Å². The number of rotatable bonds is 5. The Morgan fingerprint density at radius 1 is 1.50 bits per heavy atom. The van der Waals surface area contributed by atoms with Crippen LogP contribution in [-0.2, 0) is 4.79 Å². The van der Waals surface area contributed by atoms with Crippen molar-refractivity contribution in [1.29, 1.82) is 0 Å². The summed E-state index contributed by atoms with van der Waals surface area (Å²) in [4.78, 5) is 15.4. The molecule has 0 aliphatic carbocycles. The van der Waals surface area contributed by atoms with Crippen molar-refractivity contribution in [3.05, 3.63) is 28.7 Å². The Bertz CT molecular complexity index is 455. The highest BCUT2D eigenvalue weighted by Gasteiger charge is 2.22. The van der Waals surface area contributed by atoms with Gasteiger partial charge >= 0.3 is 0 Å². The first-order chi connectivity index (χ1) is 9.70. The summed E-state index contributed by atoms with van der Waals surface area (Å²) in [5, 5.41) is 3.27. The number of hydrogen-bond acceptors (Lipinski definition) is 3. The van der Waals surface area contributed by atoms with Crippen molar-refractivity contribution >= 4 is 33.6 Å². The van der Waals surface area contributed by atoms with Crippen molar-refractivity contribution in [3.8, 4) is 0 Å². The monoisotopic (exact) mass is 356 g/mol. The van der Waals surface area contributed by atoms with E-state index in [1.54, 1.807) is 11.8 Å². The summed E-state index contributed by atoms with van der Waals surface area (Å²) in [6.45, 7) is 1.77. The van der Waals surface area contributed by atoms with Crippen LogP contribution in [0.3, 0.4) is 0 Å². The first-order valence-corrected chi connectivity index (χ1v) is 8.81. The zero-order chi connectivity index (χ0) is 14.4. The van der Waals surface area contributed by atoms with Gasteiger partial charge in [0.1, 0.15) is 0 Å². The molecular weight excluding hydrogens is 336 g/mol. The molecule has 2 rings (SSSR count). The van der Waals surface area contributed by atoms with Crippen molar-refractivity contribution in [2.75, 3.05) is 25.9 Å². The van der Waals surface area contributed by atoms with Crippen LogP contribution in [0.4, 0.5) is 0 Å². The van der Waals surface area contributed by atoms with E-state index in [1.807, 2.05) is 30.1 Å². The van der Waals surface area contributed by atoms with Gasteiger partial charge in [-0.2, -0.15) is 0 Å². The number of carbonyl (C=O) groups excluding carboxylic acids is 1. The van der Waals surface area contributed by atoms with Gasteiger partial charge in [-0.25, -0.2) is 0 Å². The van der Waals surface area contributed by atoms with E-state index in [2.05, 4.69) is 27.3 Å². The predicted octanol–water partition coefficient (Wildman–Crippen LogP) is 3.14. The number of halogens is 1. The fourth-order valence-electron chi connectivity index (χ4n) is 2.41. The molecule has 1 heterocycles. The Morgan fingerprint density at radius 3 is 3.05 bits per heavy atom. The van der Waals surface area contributed by atoms with Crippen LogP contribution in [0.25, 0.3) is 0 Å². The normalized spacial score (nSPS) is 19.1. The standard InChI is InChI=1S/C15H21BrN2OS/c1-17-12-5-4-9-18(11-12)15(19)8-10-20-14-7-3-2-6-13(14)16/h2-3,6-7,12,17H,4-5,8-11H2,1H3. The number of piperidine rings is 1. The van der Waals surface area contributed by atoms with Gasteiger partial charge in [0, 0.05) is 40.7 Å². The third-order valence-electron chi connectivity index (χ3n) is 3.59. The van der Waals surface area contributed by atoms with Gasteiger partial charge in [0.25, 0.3) is 0 Å². The number of hydrogen-bond donors (Lipinski definition) is 1. The van der Waals surface area contributed by atoms with Crippen molar-refractivity contribution in [1.82, 2.24) is 10.2 Å². The summed E-state index contributed by atoms with van der Waals surface area (Å²) in [5.74, 6) is 1.12. The Labute approximate surface area is 133 Å². The Kier molecular flexibility index (Phi) is 6.39. The molecule has 5 heteroatoms. The molecule has 0 saturated carbocycles. The first kappa shape index (κ1) is 15.9. The summed E-state index contributed by atoms with van der Waals surface area (Å²) in [7, 11) is 1.97. The zero-order valence-electron chi connectivity index (χ0n) is 11.8. The van der Waals surface area contributed by atoms with Crippen molar-refractivity contribution in [2.24, 2.45) is 0 Å². The van der Waals surface area contributed by atoms with Gasteiger partial charge in [-0.15, -0.1) is 11.8 Å². The van der Waals surface area contributed by atoms with Crippen LogP contribution in [0.2, 0.25) is 0 Å². The molecule has 0 bridgehead atoms. The summed E-state index contributed by atoms with van der Waals surface area (Å²) in [5.41, 5.74) is 0. The van der Waals surface area contributed by atoms with Crippen LogP contribution in [-0.4, -0.2) is 42.7 Å². The summed E-state index contributed by atoms with van der Waals surface area (Å²) in [6.07, 6.45) is 2.89. The summed E-state index contributed by atoms with van der Waals surface area (Å²) < 4.78 is 1.10. The summed E-state index contributed by atoms with van der Waals surface area (Å²) >= 11 is 5.27. The molecule has 20 heavy (non-hydrogen) atoms. The largest absolute Gasteiger partial charge is 0.341 e. The van der Waals surface area contributed by atoms with E-state index in [1.165, 1.54) is 11.3 Å². The van der Waals surface area contributed by atoms with Gasteiger partial charge in [-0.1, -0.05) is 12.1 Å². The quantitative estimate of drug-likeness (QED) is 0.822. The van der Waals surface area contributed by atoms with Gasteiger partial charge in [-0.05, 0) is 48.0 Å². The number of nitrogens with one attached hydrogen (secondary N) is 1. The minimum Gasteiger partial charge on any atom is -0.341 e. The molecule has 1 aliphatic rings. The Morgan fingerprint density at radius 2 is 2.30 bits per heavy atom. The highest BCUT2D eigenvalue weighted by Crippen LogP contribution is 2.27. The van der Waals surface area contributed by atoms with Gasteiger partial charge < -0.3 is 10.2 Å². The van der Waals surface area contributed by atoms with Gasteiger partial charge in [0.15, 0.2) is 0 Å². The molecule has 3 nitrogen and oxygen atoms in total. The number of carbonyl (C=O) groups is 1. The maximum absolute atomic E-state index is 12.2. The lowest BCUT2D eigenvalue weighted by molar-refractivity contribution is -0.132. The maximum atomic E-state index is 12.2. The van der Waals surface area contributed by atoms with E-state index in [0.29, 0.717) is 12.5 Å². The lowest BCUT2D eigenvalue weighted by Crippen LogP contribution is -2.47. The molecule has 1 aromatic rings. The number of thioether (sulfide) groups is 1. The molecule has 1 aromatic carbocycles. The van der Waals surface area contributed by atoms with Crippen LogP contribution in [0.1, 0.15) is 19.3 Å². The molecule has 1 saturated heterocycles. The van der Waals surface area contributed by atoms with E-state index in [9.17, 15) is 4.79 Å². The number of likely N-dealkylation sites (tertiary alicyclic amines) is 1. The van der Waals surface area contributed by atoms with E-state index in [4.69, 9.17) is 0 Å². The average molecular weight is 357 g/mol. The second kappa shape index (κ2) is 8.05. The molecule has 1 N–H and O–H groups in total. The smallest absolute Gasteiger partial charge is 0.223 e. The SMILES string of the molecule is CNC1CCCN(C(=O)CCSc2ccccc2Br)C1. The number of amides is 1. The molecule has 1 unspecified atom stereocenters. The van der Waals surface area contributed by atoms with Gasteiger partial charge in [0.05, 0.1) is 0 Å². The van der Waals surface area contributed by atoms with Crippen LogP contribution in [0, 0.1) is 0 Å². The second-order valence-corrected chi connectivity index (χ2v) is 6.99. The van der Waals surface area contributed by atoms with E-state index in [-0.39, 0.29) is 5.91 Å². The lowest BCUT2D eigenvalue weighted by Gasteiger charge is -2.32. The molecule has 1 atom stereocenters. The van der Waals surface area contributed by atoms with Crippen LogP contribution < -0.4 is 5.32 Å². The number of nitrogens with zero attached hydrogens (tertiary/aromatic N) is 1. The van der Waals surface area contributed by atoms with E-state index < -0.39 is 0 Å². The molecule has 1 amide bonds. The summed E-state index contributed by atoms with van der Waals surface area (Å²) in [6, 6.07) is 8.61. The van der Waals surface area contributed by atoms with Gasteiger partial charge in [-0.3, -0.25) is 4.79 Å². The van der Waals surface area contributed by atoms with Crippen LogP contribution in [0.15, 0.2) is 33.6 Å². The van der Waals surface area contributed by atoms with Crippen molar-refractivity contribution in [2.45, 2.75) is 30.2 Å². The Hall–Kier alpha value is -0.520. The van der Waals surface area contributed by atoms with Crippen molar-refractivity contribution < 1.29 is 4.79 Å². The molecule has 110 valence electrons. The molecule has 1 fully saturated rings. The van der Waals surface area contributed by atoms with Crippen LogP contribution in [0.5, 0.6) is 0 Å². The number of likely N-dealkylation sites (N-methyl/N-ethyl adjacent to an activating group) is 1. The molecular formula is C15H21BrN2OS. The highest BCUT2D eigenvalue weighted by atomic mass is 79.9. The number of benzene rings is 1. The fraction of sp³-hybridized carbons (Fsp3) is 0.533. The molecule has 0 radical (unpaired) electrons. The lowest BCUT2D eigenvalue weighted by atomic mass is 10.1. The third-order valence-corrected chi connectivity index (χ3v) is 5.62. The predicted molar refractivity (Wildman–Crippen MR) is 88.1 cm³/mol. The van der Waals surface area contributed by atoms with E-state index in [0.717, 1.165) is 29.7 Å². The average Bonchev–Trinajstić information content (AvgIpc) is 2.49. The van der Waals surface area contributed by atoms with Crippen molar-refractivity contribution in [3.63, 3.8) is 0 Å². The first-order valence-electron chi connectivity index (χ1n) is 7.03.